The maximum absolute atomic E-state index is 11.5. The van der Waals surface area contributed by atoms with Crippen molar-refractivity contribution in [3.8, 4) is 34.0 Å². The van der Waals surface area contributed by atoms with Crippen LogP contribution in [0.1, 0.15) is 66.2 Å². The molecule has 3 aromatic carbocycles. The third kappa shape index (κ3) is 6.10. The van der Waals surface area contributed by atoms with E-state index in [1.165, 1.54) is 0 Å². The first kappa shape index (κ1) is 28.3. The van der Waals surface area contributed by atoms with Crippen LogP contribution in [-0.4, -0.2) is 38.4 Å². The van der Waals surface area contributed by atoms with Gasteiger partial charge in [0.25, 0.3) is 0 Å². The van der Waals surface area contributed by atoms with Gasteiger partial charge in [-0.25, -0.2) is 0 Å². The Kier molecular flexibility index (Phi) is 7.82. The van der Waals surface area contributed by atoms with Crippen molar-refractivity contribution in [1.82, 2.24) is 9.97 Å². The largest absolute Gasteiger partial charge is 0.489 e. The number of ether oxygens (including phenoxy) is 2. The molecule has 0 radical (unpaired) electrons. The van der Waals surface area contributed by atoms with Crippen molar-refractivity contribution in [2.24, 2.45) is 0 Å². The number of nitrogens with zero attached hydrogens (tertiary/aromatic N) is 2. The third-order valence-electron chi connectivity index (χ3n) is 7.71. The molecule has 5 rings (SSSR count). The van der Waals surface area contributed by atoms with E-state index in [1.54, 1.807) is 13.8 Å². The molecular weight excluding hydrogens is 516 g/mol. The maximum atomic E-state index is 11.5. The molecule has 4 aromatic rings. The molecule has 7 nitrogen and oxygen atoms in total. The molecule has 41 heavy (non-hydrogen) atoms. The van der Waals surface area contributed by atoms with Crippen LogP contribution in [0, 0.1) is 20.8 Å². The fourth-order valence-electron chi connectivity index (χ4n) is 5.57. The standard InChI is InChI=1S/C34H36N2O5/c1-20-23(9-8-12-25(20)32-21(2)35-33(36-22(32)3)40-16-15-34(4,5)39)19-41-24-13-14-28-29(17-24)26-10-6-7-11-27(26)30(28)18-31(37)38/h6-14,17,30,39H,15-16,18-19H2,1-5H3,(H,37,38). The van der Waals surface area contributed by atoms with Gasteiger partial charge < -0.3 is 19.7 Å². The number of carbonyl (C=O) groups is 1. The molecule has 0 saturated heterocycles. The summed E-state index contributed by atoms with van der Waals surface area (Å²) in [4.78, 5) is 20.7. The third-order valence-corrected chi connectivity index (χ3v) is 7.71. The van der Waals surface area contributed by atoms with Crippen molar-refractivity contribution in [2.75, 3.05) is 6.61 Å². The molecule has 212 valence electrons. The molecule has 1 aromatic heterocycles. The van der Waals surface area contributed by atoms with E-state index in [1.807, 2.05) is 62.4 Å². The van der Waals surface area contributed by atoms with E-state index in [2.05, 4.69) is 29.0 Å². The lowest BCUT2D eigenvalue weighted by Crippen LogP contribution is -2.22. The molecule has 1 atom stereocenters. The number of aliphatic carboxylic acids is 1. The Hall–Kier alpha value is -4.23. The van der Waals surface area contributed by atoms with Crippen molar-refractivity contribution >= 4 is 5.97 Å². The number of hydrogen-bond donors (Lipinski definition) is 2. The van der Waals surface area contributed by atoms with E-state index in [4.69, 9.17) is 9.47 Å². The zero-order valence-electron chi connectivity index (χ0n) is 24.2. The molecule has 7 heteroatoms. The van der Waals surface area contributed by atoms with Crippen molar-refractivity contribution in [2.45, 2.75) is 65.6 Å². The topological polar surface area (TPSA) is 102 Å². The van der Waals surface area contributed by atoms with Gasteiger partial charge in [0.1, 0.15) is 12.4 Å². The number of fused-ring (bicyclic) bond motifs is 3. The summed E-state index contributed by atoms with van der Waals surface area (Å²) in [5.74, 6) is -0.224. The average molecular weight is 553 g/mol. The predicted octanol–water partition coefficient (Wildman–Crippen LogP) is 6.77. The zero-order chi connectivity index (χ0) is 29.3. The van der Waals surface area contributed by atoms with Crippen LogP contribution in [0.25, 0.3) is 22.3 Å². The molecule has 1 heterocycles. The number of benzene rings is 3. The highest BCUT2D eigenvalue weighted by molar-refractivity contribution is 5.82. The van der Waals surface area contributed by atoms with Crippen LogP contribution in [0.2, 0.25) is 0 Å². The van der Waals surface area contributed by atoms with Crippen LogP contribution >= 0.6 is 0 Å². The summed E-state index contributed by atoms with van der Waals surface area (Å²) in [6.07, 6.45) is 0.545. The molecule has 0 spiro atoms. The van der Waals surface area contributed by atoms with Gasteiger partial charge in [-0.2, -0.15) is 9.97 Å². The minimum atomic E-state index is -0.809. The van der Waals surface area contributed by atoms with E-state index in [-0.39, 0.29) is 12.3 Å². The van der Waals surface area contributed by atoms with Gasteiger partial charge in [-0.05, 0) is 85.7 Å². The fraction of sp³-hybridized carbons (Fsp3) is 0.324. The second-order valence-corrected chi connectivity index (χ2v) is 11.3. The summed E-state index contributed by atoms with van der Waals surface area (Å²) in [5, 5.41) is 19.4. The van der Waals surface area contributed by atoms with Gasteiger partial charge in [0.2, 0.25) is 0 Å². The van der Waals surface area contributed by atoms with E-state index < -0.39 is 11.6 Å². The predicted molar refractivity (Wildman–Crippen MR) is 158 cm³/mol. The van der Waals surface area contributed by atoms with Gasteiger partial charge in [-0.15, -0.1) is 0 Å². The van der Waals surface area contributed by atoms with Crippen molar-refractivity contribution in [3.05, 3.63) is 94.3 Å². The Morgan fingerprint density at radius 3 is 2.27 bits per heavy atom. The van der Waals surface area contributed by atoms with Crippen molar-refractivity contribution in [1.29, 1.82) is 0 Å². The first-order valence-corrected chi connectivity index (χ1v) is 13.9. The zero-order valence-corrected chi connectivity index (χ0v) is 24.2. The Labute approximate surface area is 240 Å². The Balaban J connectivity index is 1.36. The smallest absolute Gasteiger partial charge is 0.316 e. The lowest BCUT2D eigenvalue weighted by Gasteiger charge is -2.18. The van der Waals surface area contributed by atoms with E-state index in [0.29, 0.717) is 25.6 Å². The highest BCUT2D eigenvalue weighted by Crippen LogP contribution is 2.47. The monoisotopic (exact) mass is 552 g/mol. The molecule has 0 bridgehead atoms. The van der Waals surface area contributed by atoms with Crippen molar-refractivity contribution in [3.63, 3.8) is 0 Å². The van der Waals surface area contributed by atoms with Gasteiger partial charge in [-0.3, -0.25) is 4.79 Å². The van der Waals surface area contributed by atoms with Crippen LogP contribution in [0.15, 0.2) is 60.7 Å². The molecular formula is C34H36N2O5. The second-order valence-electron chi connectivity index (χ2n) is 11.3. The van der Waals surface area contributed by atoms with Crippen LogP contribution < -0.4 is 9.47 Å². The van der Waals surface area contributed by atoms with Gasteiger partial charge in [0.05, 0.1) is 30.0 Å². The van der Waals surface area contributed by atoms with Crippen LogP contribution in [0.4, 0.5) is 0 Å². The van der Waals surface area contributed by atoms with Gasteiger partial charge >= 0.3 is 12.0 Å². The van der Waals surface area contributed by atoms with Crippen LogP contribution in [0.3, 0.4) is 0 Å². The molecule has 1 aliphatic carbocycles. The molecule has 0 aliphatic heterocycles. The summed E-state index contributed by atoms with van der Waals surface area (Å²) < 4.78 is 12.0. The molecule has 0 saturated carbocycles. The normalized spacial score (nSPS) is 14.0. The number of carboxylic acid groups (broad SMARTS) is 1. The molecule has 2 N–H and O–H groups in total. The average Bonchev–Trinajstić information content (AvgIpc) is 3.20. The van der Waals surface area contributed by atoms with Gasteiger partial charge in [0, 0.05) is 17.9 Å². The Morgan fingerprint density at radius 1 is 0.878 bits per heavy atom. The molecule has 1 aliphatic rings. The Bertz CT molecular complexity index is 1580. The minimum Gasteiger partial charge on any atom is -0.489 e. The van der Waals surface area contributed by atoms with E-state index in [9.17, 15) is 15.0 Å². The summed E-state index contributed by atoms with van der Waals surface area (Å²) in [6, 6.07) is 20.4. The number of aryl methyl sites for hydroxylation is 2. The first-order chi connectivity index (χ1) is 19.5. The fourth-order valence-corrected chi connectivity index (χ4v) is 5.57. The highest BCUT2D eigenvalue weighted by atomic mass is 16.5. The number of hydrogen-bond acceptors (Lipinski definition) is 6. The highest BCUT2D eigenvalue weighted by Gasteiger charge is 2.30. The first-order valence-electron chi connectivity index (χ1n) is 13.9. The lowest BCUT2D eigenvalue weighted by atomic mass is 9.94. The Morgan fingerprint density at radius 2 is 1.56 bits per heavy atom. The SMILES string of the molecule is Cc1nc(OCCC(C)(C)O)nc(C)c1-c1cccc(COc2ccc3c(c2)-c2ccccc2C3CC(=O)O)c1C. The van der Waals surface area contributed by atoms with Gasteiger partial charge in [0.15, 0.2) is 0 Å². The van der Waals surface area contributed by atoms with Crippen molar-refractivity contribution < 1.29 is 24.5 Å². The summed E-state index contributed by atoms with van der Waals surface area (Å²) in [5.41, 5.74) is 9.17. The lowest BCUT2D eigenvalue weighted by molar-refractivity contribution is -0.137. The van der Waals surface area contributed by atoms with Crippen LogP contribution in [-0.2, 0) is 11.4 Å². The summed E-state index contributed by atoms with van der Waals surface area (Å²) in [7, 11) is 0. The number of aliphatic hydroxyl groups is 1. The molecule has 0 fully saturated rings. The minimum absolute atomic E-state index is 0.0622. The maximum Gasteiger partial charge on any atom is 0.316 e. The summed E-state index contributed by atoms with van der Waals surface area (Å²) >= 11 is 0. The van der Waals surface area contributed by atoms with E-state index in [0.717, 1.165) is 61.6 Å². The van der Waals surface area contributed by atoms with Crippen LogP contribution in [0.5, 0.6) is 11.8 Å². The number of carboxylic acids is 1. The van der Waals surface area contributed by atoms with Gasteiger partial charge in [-0.1, -0.05) is 48.5 Å². The number of rotatable bonds is 10. The molecule has 1 unspecified atom stereocenters. The second kappa shape index (κ2) is 11.3. The summed E-state index contributed by atoms with van der Waals surface area (Å²) in [6.45, 7) is 10.2. The molecule has 0 amide bonds. The quantitative estimate of drug-likeness (QED) is 0.224. The van der Waals surface area contributed by atoms with E-state index >= 15 is 0 Å². The number of aromatic nitrogens is 2.